The Labute approximate surface area is 183 Å². The number of hydrogen-bond donors (Lipinski definition) is 1. The summed E-state index contributed by atoms with van der Waals surface area (Å²) in [6.07, 6.45) is 6.12. The van der Waals surface area contributed by atoms with Crippen molar-refractivity contribution < 1.29 is 9.53 Å². The molecular weight excluding hydrogens is 400 g/mol. The van der Waals surface area contributed by atoms with Crippen molar-refractivity contribution in [2.24, 2.45) is 0 Å². The monoisotopic (exact) mass is 426 g/mol. The molecular formula is C23H27ClN4O2. The molecule has 1 aliphatic heterocycles. The Morgan fingerprint density at radius 2 is 1.73 bits per heavy atom. The molecule has 6 nitrogen and oxygen atoms in total. The summed E-state index contributed by atoms with van der Waals surface area (Å²) in [6.45, 7) is 3.53. The lowest BCUT2D eigenvalue weighted by Crippen LogP contribution is -2.32. The van der Waals surface area contributed by atoms with Crippen LogP contribution in [0.4, 0.5) is 11.4 Å². The van der Waals surface area contributed by atoms with E-state index in [1.165, 1.54) is 12.8 Å². The zero-order valence-electron chi connectivity index (χ0n) is 17.4. The molecule has 30 heavy (non-hydrogen) atoms. The summed E-state index contributed by atoms with van der Waals surface area (Å²) in [5.41, 5.74) is 3.74. The number of aryl methyl sites for hydroxylation is 1. The van der Waals surface area contributed by atoms with Crippen molar-refractivity contribution in [1.29, 1.82) is 0 Å². The van der Waals surface area contributed by atoms with Crippen LogP contribution in [0.3, 0.4) is 0 Å². The third-order valence-corrected chi connectivity index (χ3v) is 5.35. The van der Waals surface area contributed by atoms with Gasteiger partial charge in [0, 0.05) is 36.1 Å². The van der Waals surface area contributed by atoms with Crippen LogP contribution in [0.25, 0.3) is 11.0 Å². The number of likely N-dealkylation sites (tertiary alicyclic amines) is 1. The Balaban J connectivity index is 0.00000256. The summed E-state index contributed by atoms with van der Waals surface area (Å²) in [6, 6.07) is 11.6. The van der Waals surface area contributed by atoms with E-state index >= 15 is 0 Å². The number of fused-ring (bicyclic) bond motifs is 1. The lowest BCUT2D eigenvalue weighted by molar-refractivity contribution is 0.0762. The van der Waals surface area contributed by atoms with Crippen LogP contribution in [0.15, 0.2) is 42.6 Å². The van der Waals surface area contributed by atoms with E-state index in [9.17, 15) is 4.79 Å². The number of pyridine rings is 2. The minimum Gasteiger partial charge on any atom is -0.497 e. The molecule has 1 aromatic carbocycles. The maximum absolute atomic E-state index is 13.4. The largest absolute Gasteiger partial charge is 0.497 e. The molecule has 0 bridgehead atoms. The van der Waals surface area contributed by atoms with Crippen molar-refractivity contribution in [3.63, 3.8) is 0 Å². The summed E-state index contributed by atoms with van der Waals surface area (Å²) in [5, 5.41) is 4.28. The summed E-state index contributed by atoms with van der Waals surface area (Å²) < 4.78 is 5.25. The fourth-order valence-electron chi connectivity index (χ4n) is 3.73. The van der Waals surface area contributed by atoms with E-state index in [0.717, 1.165) is 54.1 Å². The van der Waals surface area contributed by atoms with Crippen molar-refractivity contribution >= 4 is 40.7 Å². The first-order valence-electron chi connectivity index (χ1n) is 10.1. The first-order valence-corrected chi connectivity index (χ1v) is 10.1. The molecule has 0 spiro atoms. The molecule has 2 aromatic heterocycles. The van der Waals surface area contributed by atoms with Gasteiger partial charge in [-0.05, 0) is 56.2 Å². The Hall–Kier alpha value is -2.86. The molecule has 7 heteroatoms. The molecule has 1 aliphatic rings. The van der Waals surface area contributed by atoms with E-state index in [1.54, 1.807) is 13.3 Å². The van der Waals surface area contributed by atoms with E-state index in [4.69, 9.17) is 4.74 Å². The van der Waals surface area contributed by atoms with Gasteiger partial charge in [0.25, 0.3) is 5.91 Å². The number of hydrogen-bond acceptors (Lipinski definition) is 5. The number of amides is 1. The molecule has 0 saturated carbocycles. The molecule has 0 unspecified atom stereocenters. The van der Waals surface area contributed by atoms with Gasteiger partial charge in [0.05, 0.1) is 18.4 Å². The number of ether oxygens (including phenoxy) is 1. The Morgan fingerprint density at radius 1 is 1.03 bits per heavy atom. The third-order valence-electron chi connectivity index (χ3n) is 5.35. The topological polar surface area (TPSA) is 67.3 Å². The number of rotatable bonds is 4. The van der Waals surface area contributed by atoms with Crippen LogP contribution in [0.5, 0.6) is 5.75 Å². The number of anilines is 2. The Bertz CT molecular complexity index is 1020. The average molecular weight is 427 g/mol. The van der Waals surface area contributed by atoms with Crippen molar-refractivity contribution in [2.45, 2.75) is 32.6 Å². The predicted molar refractivity (Wildman–Crippen MR) is 122 cm³/mol. The minimum absolute atomic E-state index is 0. The highest BCUT2D eigenvalue weighted by Gasteiger charge is 2.22. The second-order valence-electron chi connectivity index (χ2n) is 7.43. The van der Waals surface area contributed by atoms with Crippen LogP contribution < -0.4 is 10.1 Å². The van der Waals surface area contributed by atoms with Crippen LogP contribution in [-0.4, -0.2) is 41.0 Å². The zero-order chi connectivity index (χ0) is 20.2. The fraction of sp³-hybridized carbons (Fsp3) is 0.348. The number of carbonyl (C=O) groups is 1. The fourth-order valence-corrected chi connectivity index (χ4v) is 3.73. The molecule has 158 valence electrons. The molecule has 1 saturated heterocycles. The van der Waals surface area contributed by atoms with Crippen molar-refractivity contribution in [2.75, 3.05) is 25.5 Å². The second-order valence-corrected chi connectivity index (χ2v) is 7.43. The van der Waals surface area contributed by atoms with Crippen LogP contribution in [0, 0.1) is 6.92 Å². The average Bonchev–Trinajstić information content (AvgIpc) is 3.03. The lowest BCUT2D eigenvalue weighted by Gasteiger charge is -2.22. The van der Waals surface area contributed by atoms with Gasteiger partial charge >= 0.3 is 0 Å². The summed E-state index contributed by atoms with van der Waals surface area (Å²) in [5.74, 6) is 0.811. The maximum Gasteiger partial charge on any atom is 0.257 e. The number of halogens is 1. The number of benzene rings is 1. The number of methoxy groups -OCH3 is 1. The number of nitrogens with one attached hydrogen (secondary N) is 1. The third kappa shape index (κ3) is 4.65. The summed E-state index contributed by atoms with van der Waals surface area (Å²) >= 11 is 0. The molecule has 4 rings (SSSR count). The minimum atomic E-state index is 0. The molecule has 1 fully saturated rings. The van der Waals surface area contributed by atoms with Crippen LogP contribution >= 0.6 is 12.4 Å². The first-order chi connectivity index (χ1) is 14.2. The normalized spacial score (nSPS) is 14.0. The van der Waals surface area contributed by atoms with E-state index in [1.807, 2.05) is 48.2 Å². The van der Waals surface area contributed by atoms with Crippen molar-refractivity contribution in [3.8, 4) is 5.75 Å². The van der Waals surface area contributed by atoms with Gasteiger partial charge in [-0.2, -0.15) is 0 Å². The highest BCUT2D eigenvalue weighted by Crippen LogP contribution is 2.30. The van der Waals surface area contributed by atoms with Gasteiger partial charge in [-0.1, -0.05) is 12.8 Å². The highest BCUT2D eigenvalue weighted by atomic mass is 35.5. The molecule has 3 aromatic rings. The van der Waals surface area contributed by atoms with Gasteiger partial charge in [-0.25, -0.2) is 9.97 Å². The number of nitrogens with zero attached hydrogens (tertiary/aromatic N) is 3. The highest BCUT2D eigenvalue weighted by molar-refractivity contribution is 6.07. The van der Waals surface area contributed by atoms with Crippen LogP contribution in [0.1, 0.15) is 41.7 Å². The smallest absolute Gasteiger partial charge is 0.257 e. The molecule has 1 amide bonds. The molecule has 3 heterocycles. The molecule has 0 atom stereocenters. The van der Waals surface area contributed by atoms with Gasteiger partial charge in [-0.15, -0.1) is 12.4 Å². The van der Waals surface area contributed by atoms with Crippen LogP contribution in [-0.2, 0) is 0 Å². The molecule has 0 aliphatic carbocycles. The molecule has 0 radical (unpaired) electrons. The first kappa shape index (κ1) is 21.8. The maximum atomic E-state index is 13.4. The van der Waals surface area contributed by atoms with E-state index in [2.05, 4.69) is 15.3 Å². The number of carbonyl (C=O) groups excluding carboxylic acids is 1. The van der Waals surface area contributed by atoms with Gasteiger partial charge in [0.1, 0.15) is 5.75 Å². The van der Waals surface area contributed by atoms with Gasteiger partial charge in [0.2, 0.25) is 0 Å². The van der Waals surface area contributed by atoms with Crippen molar-refractivity contribution in [1.82, 2.24) is 14.9 Å². The van der Waals surface area contributed by atoms with Gasteiger partial charge in [-0.3, -0.25) is 4.79 Å². The number of aromatic nitrogens is 2. The van der Waals surface area contributed by atoms with Crippen LogP contribution in [0.2, 0.25) is 0 Å². The predicted octanol–water partition coefficient (Wildman–Crippen LogP) is 5.13. The standard InChI is InChI=1S/C23H26N4O2.ClH/c1-16-7-12-19-21(26-17-8-10-18(29-2)11-9-17)20(15-24-22(19)25-16)23(28)27-13-5-3-4-6-14-27;/h7-12,15H,3-6,13-14H2,1-2H3,(H,24,25,26);1H. The quantitative estimate of drug-likeness (QED) is 0.626. The summed E-state index contributed by atoms with van der Waals surface area (Å²) in [7, 11) is 1.64. The molecule has 1 N–H and O–H groups in total. The van der Waals surface area contributed by atoms with Gasteiger partial charge in [0.15, 0.2) is 5.65 Å². The SMILES string of the molecule is COc1ccc(Nc2c(C(=O)N3CCCCCC3)cnc3nc(C)ccc23)cc1.Cl. The lowest BCUT2D eigenvalue weighted by atomic mass is 10.1. The Morgan fingerprint density at radius 3 is 2.40 bits per heavy atom. The Kier molecular flexibility index (Phi) is 7.11. The second kappa shape index (κ2) is 9.76. The summed E-state index contributed by atoms with van der Waals surface area (Å²) in [4.78, 5) is 24.4. The van der Waals surface area contributed by atoms with E-state index in [0.29, 0.717) is 11.2 Å². The zero-order valence-corrected chi connectivity index (χ0v) is 18.2. The van der Waals surface area contributed by atoms with Gasteiger partial charge < -0.3 is 15.0 Å². The van der Waals surface area contributed by atoms with E-state index in [-0.39, 0.29) is 18.3 Å². The van der Waals surface area contributed by atoms with E-state index < -0.39 is 0 Å². The van der Waals surface area contributed by atoms with Crippen molar-refractivity contribution in [3.05, 3.63) is 53.9 Å².